The van der Waals surface area contributed by atoms with Crippen LogP contribution in [0.1, 0.15) is 17.9 Å². The number of rotatable bonds is 7. The lowest BCUT2D eigenvalue weighted by Gasteiger charge is -2.16. The molecule has 0 saturated carbocycles. The number of nitrogens with one attached hydrogen (secondary N) is 1. The molecule has 1 amide bonds. The van der Waals surface area contributed by atoms with E-state index in [-0.39, 0.29) is 23.8 Å². The van der Waals surface area contributed by atoms with Gasteiger partial charge in [-0.05, 0) is 43.3 Å². The van der Waals surface area contributed by atoms with Crippen LogP contribution in [0.15, 0.2) is 45.7 Å². The number of sulfonamides is 1. The number of halogens is 1. The van der Waals surface area contributed by atoms with Gasteiger partial charge in [-0.1, -0.05) is 0 Å². The van der Waals surface area contributed by atoms with E-state index in [9.17, 15) is 17.6 Å². The van der Waals surface area contributed by atoms with E-state index in [2.05, 4.69) is 4.72 Å². The average Bonchev–Trinajstić information content (AvgIpc) is 2.92. The molecule has 2 rings (SSSR count). The minimum Gasteiger partial charge on any atom is -0.464 e. The SMILES string of the molecule is Cc1ccc(CN(C)C(=O)CCNS(=O)(=O)c2ccc(F)cc2)o1. The first-order valence-corrected chi connectivity index (χ1v) is 8.81. The van der Waals surface area contributed by atoms with Crippen LogP contribution in [-0.4, -0.2) is 32.8 Å². The fraction of sp³-hybridized carbons (Fsp3) is 0.312. The van der Waals surface area contributed by atoms with Gasteiger partial charge in [-0.3, -0.25) is 4.79 Å². The van der Waals surface area contributed by atoms with Crippen molar-refractivity contribution in [3.05, 3.63) is 53.7 Å². The van der Waals surface area contributed by atoms with Crippen LogP contribution in [0.4, 0.5) is 4.39 Å². The van der Waals surface area contributed by atoms with E-state index in [0.29, 0.717) is 12.3 Å². The first kappa shape index (κ1) is 18.2. The molecule has 6 nitrogen and oxygen atoms in total. The predicted octanol–water partition coefficient (Wildman–Crippen LogP) is 2.05. The lowest BCUT2D eigenvalue weighted by Crippen LogP contribution is -2.31. The van der Waals surface area contributed by atoms with Gasteiger partial charge in [0, 0.05) is 20.0 Å². The summed E-state index contributed by atoms with van der Waals surface area (Å²) in [4.78, 5) is 13.4. The second-order valence-electron chi connectivity index (χ2n) is 5.36. The van der Waals surface area contributed by atoms with Gasteiger partial charge in [-0.25, -0.2) is 17.5 Å². The van der Waals surface area contributed by atoms with Gasteiger partial charge in [0.15, 0.2) is 0 Å². The van der Waals surface area contributed by atoms with Gasteiger partial charge in [-0.15, -0.1) is 0 Å². The molecule has 0 radical (unpaired) electrons. The van der Waals surface area contributed by atoms with Crippen molar-refractivity contribution in [1.82, 2.24) is 9.62 Å². The van der Waals surface area contributed by atoms with Crippen LogP contribution in [0.5, 0.6) is 0 Å². The standard InChI is InChI=1S/C16H19FN2O4S/c1-12-3-6-14(23-12)11-19(2)16(20)9-10-18-24(21,22)15-7-4-13(17)5-8-15/h3-8,18H,9-11H2,1-2H3. The fourth-order valence-electron chi connectivity index (χ4n) is 2.07. The zero-order valence-corrected chi connectivity index (χ0v) is 14.3. The van der Waals surface area contributed by atoms with E-state index in [4.69, 9.17) is 4.42 Å². The Morgan fingerprint density at radius 1 is 1.21 bits per heavy atom. The number of carbonyl (C=O) groups excluding carboxylic acids is 1. The van der Waals surface area contributed by atoms with Gasteiger partial charge >= 0.3 is 0 Å². The molecule has 1 aromatic carbocycles. The summed E-state index contributed by atoms with van der Waals surface area (Å²) in [6, 6.07) is 8.08. The molecule has 0 aliphatic heterocycles. The smallest absolute Gasteiger partial charge is 0.240 e. The van der Waals surface area contributed by atoms with Crippen molar-refractivity contribution < 1.29 is 22.0 Å². The second-order valence-corrected chi connectivity index (χ2v) is 7.13. The average molecular weight is 354 g/mol. The predicted molar refractivity (Wildman–Crippen MR) is 86.1 cm³/mol. The number of hydrogen-bond acceptors (Lipinski definition) is 4. The lowest BCUT2D eigenvalue weighted by atomic mass is 10.3. The third kappa shape index (κ3) is 4.90. The zero-order valence-electron chi connectivity index (χ0n) is 13.5. The Kier molecular flexibility index (Phi) is 5.74. The van der Waals surface area contributed by atoms with Gasteiger partial charge in [-0.2, -0.15) is 0 Å². The van der Waals surface area contributed by atoms with Crippen molar-refractivity contribution in [2.45, 2.75) is 24.8 Å². The Bertz CT molecular complexity index is 800. The van der Waals surface area contributed by atoms with Crippen molar-refractivity contribution in [3.8, 4) is 0 Å². The van der Waals surface area contributed by atoms with Crippen molar-refractivity contribution in [2.75, 3.05) is 13.6 Å². The molecule has 1 heterocycles. The van der Waals surface area contributed by atoms with E-state index in [0.717, 1.165) is 17.9 Å². The Morgan fingerprint density at radius 2 is 1.88 bits per heavy atom. The van der Waals surface area contributed by atoms with Crippen LogP contribution in [0.2, 0.25) is 0 Å². The highest BCUT2D eigenvalue weighted by molar-refractivity contribution is 7.89. The van der Waals surface area contributed by atoms with Crippen molar-refractivity contribution in [1.29, 1.82) is 0 Å². The maximum Gasteiger partial charge on any atom is 0.240 e. The second kappa shape index (κ2) is 7.59. The largest absolute Gasteiger partial charge is 0.464 e. The van der Waals surface area contributed by atoms with Crippen molar-refractivity contribution >= 4 is 15.9 Å². The zero-order chi connectivity index (χ0) is 17.7. The molecule has 0 atom stereocenters. The third-order valence-corrected chi connectivity index (χ3v) is 4.85. The molecule has 1 N–H and O–H groups in total. The first-order chi connectivity index (χ1) is 11.3. The third-order valence-electron chi connectivity index (χ3n) is 3.37. The van der Waals surface area contributed by atoms with Crippen molar-refractivity contribution in [2.24, 2.45) is 0 Å². The number of amides is 1. The Morgan fingerprint density at radius 3 is 2.46 bits per heavy atom. The number of nitrogens with zero attached hydrogens (tertiary/aromatic N) is 1. The summed E-state index contributed by atoms with van der Waals surface area (Å²) in [6.07, 6.45) is 0.0105. The summed E-state index contributed by atoms with van der Waals surface area (Å²) in [7, 11) is -2.14. The van der Waals surface area contributed by atoms with Crippen LogP contribution >= 0.6 is 0 Å². The highest BCUT2D eigenvalue weighted by Gasteiger charge is 2.16. The molecule has 0 bridgehead atoms. The summed E-state index contributed by atoms with van der Waals surface area (Å²) in [6.45, 7) is 2.09. The monoisotopic (exact) mass is 354 g/mol. The quantitative estimate of drug-likeness (QED) is 0.825. The number of benzene rings is 1. The molecule has 130 valence electrons. The van der Waals surface area contributed by atoms with Gasteiger partial charge in [0.1, 0.15) is 17.3 Å². The van der Waals surface area contributed by atoms with Gasteiger partial charge in [0.25, 0.3) is 0 Å². The highest BCUT2D eigenvalue weighted by atomic mass is 32.2. The maximum absolute atomic E-state index is 12.8. The van der Waals surface area contributed by atoms with E-state index in [1.165, 1.54) is 17.0 Å². The molecule has 24 heavy (non-hydrogen) atoms. The lowest BCUT2D eigenvalue weighted by molar-refractivity contribution is -0.130. The number of hydrogen-bond donors (Lipinski definition) is 1. The maximum atomic E-state index is 12.8. The number of carbonyl (C=O) groups is 1. The molecule has 0 saturated heterocycles. The van der Waals surface area contributed by atoms with E-state index in [1.807, 2.05) is 13.0 Å². The summed E-state index contributed by atoms with van der Waals surface area (Å²) in [5, 5.41) is 0. The molecule has 1 aromatic heterocycles. The minimum atomic E-state index is -3.76. The van der Waals surface area contributed by atoms with Gasteiger partial charge in [0.05, 0.1) is 11.4 Å². The summed E-state index contributed by atoms with van der Waals surface area (Å²) in [5.41, 5.74) is 0. The molecule has 8 heteroatoms. The van der Waals surface area contributed by atoms with E-state index in [1.54, 1.807) is 13.1 Å². The van der Waals surface area contributed by atoms with Crippen molar-refractivity contribution in [3.63, 3.8) is 0 Å². The van der Waals surface area contributed by atoms with Crippen LogP contribution in [-0.2, 0) is 21.4 Å². The number of furan rings is 1. The molecule has 0 unspecified atom stereocenters. The minimum absolute atomic E-state index is 0.0105. The first-order valence-electron chi connectivity index (χ1n) is 7.32. The molecule has 0 spiro atoms. The molecular formula is C16H19FN2O4S. The van der Waals surface area contributed by atoms with Crippen LogP contribution in [0, 0.1) is 12.7 Å². The Labute approximate surface area is 140 Å². The molecule has 2 aromatic rings. The van der Waals surface area contributed by atoms with Gasteiger partial charge < -0.3 is 9.32 Å². The fourth-order valence-corrected chi connectivity index (χ4v) is 3.10. The van der Waals surface area contributed by atoms with E-state index >= 15 is 0 Å². The molecular weight excluding hydrogens is 335 g/mol. The summed E-state index contributed by atoms with van der Waals surface area (Å²) < 4.78 is 44.6. The molecule has 0 aliphatic rings. The number of aryl methyl sites for hydroxylation is 1. The summed E-state index contributed by atoms with van der Waals surface area (Å²) in [5.74, 6) is 0.693. The van der Waals surface area contributed by atoms with Crippen LogP contribution < -0.4 is 4.72 Å². The van der Waals surface area contributed by atoms with E-state index < -0.39 is 15.8 Å². The molecule has 0 fully saturated rings. The van der Waals surface area contributed by atoms with Gasteiger partial charge in [0.2, 0.25) is 15.9 Å². The Hall–Kier alpha value is -2.19. The topological polar surface area (TPSA) is 79.6 Å². The van der Waals surface area contributed by atoms with Crippen LogP contribution in [0.25, 0.3) is 0 Å². The Balaban J connectivity index is 1.84. The van der Waals surface area contributed by atoms with Crippen LogP contribution in [0.3, 0.4) is 0 Å². The summed E-state index contributed by atoms with van der Waals surface area (Å²) >= 11 is 0. The highest BCUT2D eigenvalue weighted by Crippen LogP contribution is 2.11. The molecule has 0 aliphatic carbocycles. The normalized spacial score (nSPS) is 11.5.